The molecule has 3 unspecified atom stereocenters. The minimum atomic E-state index is -0.155. The molecule has 3 atom stereocenters. The summed E-state index contributed by atoms with van der Waals surface area (Å²) in [6, 6.07) is 83.3. The first-order valence-corrected chi connectivity index (χ1v) is 22.9. The van der Waals surface area contributed by atoms with E-state index >= 15 is 0 Å². The number of hydrogen-bond donors (Lipinski definition) is 0. The van der Waals surface area contributed by atoms with Crippen LogP contribution >= 0.6 is 0 Å². The summed E-state index contributed by atoms with van der Waals surface area (Å²) in [5.41, 5.74) is 19.2. The highest BCUT2D eigenvalue weighted by atomic mass is 15.2. The highest BCUT2D eigenvalue weighted by molar-refractivity contribution is 6.10. The Morgan fingerprint density at radius 1 is 0.375 bits per heavy atom. The summed E-state index contributed by atoms with van der Waals surface area (Å²) in [7, 11) is 0. The Morgan fingerprint density at radius 3 is 1.48 bits per heavy atom. The molecule has 0 N–H and O–H groups in total. The third-order valence-corrected chi connectivity index (χ3v) is 14.8. The number of anilines is 6. The molecule has 0 radical (unpaired) electrons. The molecule has 9 aromatic carbocycles. The first-order valence-electron chi connectivity index (χ1n) is 22.9. The van der Waals surface area contributed by atoms with E-state index in [9.17, 15) is 0 Å². The number of hydrogen-bond acceptors (Lipinski definition) is 2. The standard InChI is InChI=1S/C61H47N3/c1-5-18-42(19-6-1)43-20-15-29-51(40-43)62(48-23-7-2-8-24-48)56-32-16-21-44-38-46-34-35-47-39-45-22-17-33-57(60(45)61(46,47)59(44)56)63(49-25-9-3-10-26-49)52-36-37-54-53-30-13-14-31-55(53)64(58(54)41-52)50-27-11-4-12-28-50/h1-33,36-37,40-41,46-47H,34-35,38-39H2. The maximum Gasteiger partial charge on any atom is 0.0561 e. The summed E-state index contributed by atoms with van der Waals surface area (Å²) in [5.74, 6) is 1.01. The smallest absolute Gasteiger partial charge is 0.0561 e. The zero-order valence-electron chi connectivity index (χ0n) is 35.7. The Hall–Kier alpha value is -7.62. The Bertz CT molecular complexity index is 3350. The van der Waals surface area contributed by atoms with E-state index in [2.05, 4.69) is 239 Å². The molecular weight excluding hydrogens is 775 g/mol. The average molecular weight is 822 g/mol. The van der Waals surface area contributed by atoms with Crippen LogP contribution in [0, 0.1) is 11.8 Å². The molecule has 306 valence electrons. The van der Waals surface area contributed by atoms with E-state index in [1.54, 1.807) is 0 Å². The lowest BCUT2D eigenvalue weighted by atomic mass is 9.68. The van der Waals surface area contributed by atoms with Crippen molar-refractivity contribution in [2.45, 2.75) is 31.1 Å². The number of fused-ring (bicyclic) bond motifs is 5. The maximum absolute atomic E-state index is 2.58. The van der Waals surface area contributed by atoms with Crippen molar-refractivity contribution in [2.75, 3.05) is 9.80 Å². The lowest BCUT2D eigenvalue weighted by Crippen LogP contribution is -2.34. The zero-order valence-corrected chi connectivity index (χ0v) is 35.7. The Balaban J connectivity index is 1.05. The van der Waals surface area contributed by atoms with E-state index < -0.39 is 0 Å². The minimum absolute atomic E-state index is 0.155. The van der Waals surface area contributed by atoms with Gasteiger partial charge < -0.3 is 14.4 Å². The fourth-order valence-electron chi connectivity index (χ4n) is 12.4. The zero-order chi connectivity index (χ0) is 42.2. The largest absolute Gasteiger partial charge is 0.310 e. The van der Waals surface area contributed by atoms with Crippen molar-refractivity contribution in [3.63, 3.8) is 0 Å². The lowest BCUT2D eigenvalue weighted by molar-refractivity contribution is 0.350. The SMILES string of the molecule is c1ccc(-c2cccc(N(c3ccccc3)c3cccc4c3C35c6c(cccc6N(c6ccccc6)c6ccc7c8ccccc8n(-c8ccccc8)c7c6)CC3CCC5C4)c2)cc1. The molecular formula is C61H47N3. The fourth-order valence-corrected chi connectivity index (χ4v) is 12.4. The van der Waals surface area contributed by atoms with Crippen LogP contribution in [0.15, 0.2) is 224 Å². The van der Waals surface area contributed by atoms with Gasteiger partial charge in [-0.2, -0.15) is 0 Å². The van der Waals surface area contributed by atoms with Crippen LogP contribution in [0.3, 0.4) is 0 Å². The second kappa shape index (κ2) is 14.7. The quantitative estimate of drug-likeness (QED) is 0.151. The van der Waals surface area contributed by atoms with Crippen molar-refractivity contribution in [3.8, 4) is 16.8 Å². The molecule has 1 aromatic heterocycles. The molecule has 1 saturated carbocycles. The van der Waals surface area contributed by atoms with Gasteiger partial charge in [-0.25, -0.2) is 0 Å². The van der Waals surface area contributed by atoms with Crippen LogP contribution in [0.2, 0.25) is 0 Å². The molecule has 3 nitrogen and oxygen atoms in total. The molecule has 0 amide bonds. The van der Waals surface area contributed by atoms with E-state index in [1.165, 1.54) is 102 Å². The first kappa shape index (κ1) is 37.0. The van der Waals surface area contributed by atoms with Crippen molar-refractivity contribution in [1.82, 2.24) is 4.57 Å². The van der Waals surface area contributed by atoms with Gasteiger partial charge in [0.1, 0.15) is 0 Å². The van der Waals surface area contributed by atoms with Crippen LogP contribution in [0.1, 0.15) is 35.1 Å². The Labute approximate surface area is 375 Å². The minimum Gasteiger partial charge on any atom is -0.310 e. The van der Waals surface area contributed by atoms with Crippen LogP contribution < -0.4 is 9.80 Å². The molecule has 1 spiro atoms. The number of para-hydroxylation sites is 4. The van der Waals surface area contributed by atoms with Crippen molar-refractivity contribution >= 4 is 55.9 Å². The molecule has 64 heavy (non-hydrogen) atoms. The lowest BCUT2D eigenvalue weighted by Gasteiger charge is -2.40. The van der Waals surface area contributed by atoms with Gasteiger partial charge in [0, 0.05) is 44.6 Å². The Morgan fingerprint density at radius 2 is 0.859 bits per heavy atom. The molecule has 0 bridgehead atoms. The highest BCUT2D eigenvalue weighted by Gasteiger charge is 2.62. The van der Waals surface area contributed by atoms with E-state index in [4.69, 9.17) is 0 Å². The second-order valence-electron chi connectivity index (χ2n) is 18.0. The van der Waals surface area contributed by atoms with E-state index in [0.29, 0.717) is 11.8 Å². The van der Waals surface area contributed by atoms with Crippen LogP contribution in [0.4, 0.5) is 34.1 Å². The van der Waals surface area contributed by atoms with Crippen LogP contribution in [0.5, 0.6) is 0 Å². The maximum atomic E-state index is 2.58. The number of nitrogens with zero attached hydrogens (tertiary/aromatic N) is 3. The number of aromatic nitrogens is 1. The van der Waals surface area contributed by atoms with Gasteiger partial charge in [-0.1, -0.05) is 146 Å². The molecule has 0 saturated heterocycles. The summed E-state index contributed by atoms with van der Waals surface area (Å²) in [4.78, 5) is 5.14. The molecule has 3 heteroatoms. The van der Waals surface area contributed by atoms with E-state index in [0.717, 1.165) is 18.5 Å². The van der Waals surface area contributed by atoms with Crippen molar-refractivity contribution < 1.29 is 0 Å². The van der Waals surface area contributed by atoms with Gasteiger partial charge in [-0.3, -0.25) is 0 Å². The first-order chi connectivity index (χ1) is 31.8. The molecule has 1 heterocycles. The normalized spacial score (nSPS) is 18.1. The van der Waals surface area contributed by atoms with Gasteiger partial charge in [-0.15, -0.1) is 0 Å². The van der Waals surface area contributed by atoms with Crippen molar-refractivity contribution in [3.05, 3.63) is 247 Å². The highest BCUT2D eigenvalue weighted by Crippen LogP contribution is 2.69. The molecule has 1 fully saturated rings. The number of benzene rings is 9. The van der Waals surface area contributed by atoms with Gasteiger partial charge in [0.15, 0.2) is 0 Å². The summed E-state index contributed by atoms with van der Waals surface area (Å²) >= 11 is 0. The van der Waals surface area contributed by atoms with E-state index in [-0.39, 0.29) is 5.41 Å². The van der Waals surface area contributed by atoms with Gasteiger partial charge in [0.05, 0.1) is 22.4 Å². The molecule has 3 aliphatic carbocycles. The monoisotopic (exact) mass is 821 g/mol. The number of rotatable bonds is 8. The molecule has 13 rings (SSSR count). The van der Waals surface area contributed by atoms with E-state index in [1.807, 2.05) is 0 Å². The van der Waals surface area contributed by atoms with Crippen molar-refractivity contribution in [1.29, 1.82) is 0 Å². The second-order valence-corrected chi connectivity index (χ2v) is 18.0. The summed E-state index contributed by atoms with van der Waals surface area (Å²) in [6.07, 6.45) is 4.65. The molecule has 10 aromatic rings. The van der Waals surface area contributed by atoms with Gasteiger partial charge >= 0.3 is 0 Å². The predicted octanol–water partition coefficient (Wildman–Crippen LogP) is 15.8. The predicted molar refractivity (Wildman–Crippen MR) is 266 cm³/mol. The van der Waals surface area contributed by atoms with Gasteiger partial charge in [-0.05, 0) is 150 Å². The fraction of sp³-hybridized carbons (Fsp3) is 0.115. The van der Waals surface area contributed by atoms with Gasteiger partial charge in [0.25, 0.3) is 0 Å². The molecule has 3 aliphatic rings. The summed E-state index contributed by atoms with van der Waals surface area (Å²) in [6.45, 7) is 0. The van der Waals surface area contributed by atoms with Crippen molar-refractivity contribution in [2.24, 2.45) is 11.8 Å². The van der Waals surface area contributed by atoms with Crippen LogP contribution in [0.25, 0.3) is 38.6 Å². The topological polar surface area (TPSA) is 11.4 Å². The Kier molecular flexibility index (Phi) is 8.52. The van der Waals surface area contributed by atoms with Gasteiger partial charge in [0.2, 0.25) is 0 Å². The third kappa shape index (κ3) is 5.53. The van der Waals surface area contributed by atoms with Crippen LogP contribution in [-0.2, 0) is 18.3 Å². The third-order valence-electron chi connectivity index (χ3n) is 14.8. The summed E-state index contributed by atoms with van der Waals surface area (Å²) < 4.78 is 2.44. The average Bonchev–Trinajstić information content (AvgIpc) is 4.08. The van der Waals surface area contributed by atoms with Crippen LogP contribution in [-0.4, -0.2) is 4.57 Å². The summed E-state index contributed by atoms with van der Waals surface area (Å²) in [5, 5.41) is 2.53. The molecule has 0 aliphatic heterocycles.